The minimum Gasteiger partial charge on any atom is -0.489 e. The molecular weight excluding hydrogens is 468 g/mol. The molecule has 2 aromatic carbocycles. The van der Waals surface area contributed by atoms with E-state index in [4.69, 9.17) is 4.74 Å². The molecule has 2 unspecified atom stereocenters. The lowest BCUT2D eigenvalue weighted by molar-refractivity contribution is -0.142. The molecule has 6 rings (SSSR count). The normalized spacial score (nSPS) is 24.0. The number of piperidine rings is 1. The number of hydrogen-bond acceptors (Lipinski definition) is 6. The van der Waals surface area contributed by atoms with Gasteiger partial charge in [0.25, 0.3) is 11.8 Å². The second-order valence-electron chi connectivity index (χ2n) is 10.6. The van der Waals surface area contributed by atoms with E-state index in [9.17, 15) is 14.4 Å². The van der Waals surface area contributed by atoms with Gasteiger partial charge in [0.1, 0.15) is 17.4 Å². The molecule has 190 valence electrons. The van der Waals surface area contributed by atoms with Gasteiger partial charge in [0, 0.05) is 49.2 Å². The number of aromatic nitrogens is 1. The van der Waals surface area contributed by atoms with Crippen LogP contribution in [-0.2, 0) is 22.7 Å². The number of rotatable bonds is 5. The van der Waals surface area contributed by atoms with E-state index < -0.39 is 11.4 Å². The highest BCUT2D eigenvalue weighted by Crippen LogP contribution is 2.36. The minimum absolute atomic E-state index is 0.0729. The van der Waals surface area contributed by atoms with E-state index in [1.807, 2.05) is 25.1 Å². The van der Waals surface area contributed by atoms with Crippen molar-refractivity contribution >= 4 is 28.6 Å². The monoisotopic (exact) mass is 498 g/mol. The van der Waals surface area contributed by atoms with E-state index >= 15 is 0 Å². The molecule has 3 aliphatic heterocycles. The number of pyridine rings is 1. The van der Waals surface area contributed by atoms with Crippen molar-refractivity contribution < 1.29 is 19.1 Å². The van der Waals surface area contributed by atoms with Gasteiger partial charge >= 0.3 is 0 Å². The molecule has 3 aliphatic rings. The van der Waals surface area contributed by atoms with Crippen LogP contribution in [0.1, 0.15) is 53.4 Å². The fourth-order valence-electron chi connectivity index (χ4n) is 5.68. The Hall–Kier alpha value is -3.78. The molecule has 0 bridgehead atoms. The summed E-state index contributed by atoms with van der Waals surface area (Å²) in [5.41, 5.74) is 3.71. The summed E-state index contributed by atoms with van der Waals surface area (Å²) in [7, 11) is 0. The van der Waals surface area contributed by atoms with Gasteiger partial charge < -0.3 is 9.64 Å². The highest BCUT2D eigenvalue weighted by Gasteiger charge is 2.48. The Morgan fingerprint density at radius 2 is 1.97 bits per heavy atom. The van der Waals surface area contributed by atoms with Crippen molar-refractivity contribution in [2.24, 2.45) is 0 Å². The lowest BCUT2D eigenvalue weighted by Gasteiger charge is -2.39. The van der Waals surface area contributed by atoms with Crippen molar-refractivity contribution in [1.29, 1.82) is 0 Å². The molecule has 2 saturated heterocycles. The zero-order chi connectivity index (χ0) is 25.7. The molecule has 3 amide bonds. The van der Waals surface area contributed by atoms with Gasteiger partial charge in [0.15, 0.2) is 0 Å². The first-order chi connectivity index (χ1) is 17.8. The molecule has 0 spiro atoms. The third-order valence-electron chi connectivity index (χ3n) is 7.89. The Kier molecular flexibility index (Phi) is 5.71. The van der Waals surface area contributed by atoms with E-state index in [1.54, 1.807) is 17.9 Å². The summed E-state index contributed by atoms with van der Waals surface area (Å²) in [6.45, 7) is 6.72. The van der Waals surface area contributed by atoms with Crippen LogP contribution in [0.25, 0.3) is 10.9 Å². The largest absolute Gasteiger partial charge is 0.489 e. The first kappa shape index (κ1) is 23.6. The Morgan fingerprint density at radius 3 is 2.81 bits per heavy atom. The fourth-order valence-corrected chi connectivity index (χ4v) is 5.68. The van der Waals surface area contributed by atoms with Crippen LogP contribution in [0.3, 0.4) is 0 Å². The van der Waals surface area contributed by atoms with Gasteiger partial charge in [0.05, 0.1) is 5.52 Å². The number of carbonyl (C=O) groups excluding carboxylic acids is 3. The maximum atomic E-state index is 13.1. The second-order valence-corrected chi connectivity index (χ2v) is 10.6. The molecule has 8 heteroatoms. The van der Waals surface area contributed by atoms with Gasteiger partial charge in [-0.1, -0.05) is 12.1 Å². The quantitative estimate of drug-likeness (QED) is 0.543. The van der Waals surface area contributed by atoms with E-state index in [0.29, 0.717) is 18.5 Å². The number of aryl methyl sites for hydroxylation is 1. The summed E-state index contributed by atoms with van der Waals surface area (Å²) < 4.78 is 6.32. The standard InChI is InChI=1S/C29H30N4O4/c1-18-3-5-20-13-19(4-8-25(20)30-18)15-32-12-10-23(17-32)37-22-6-7-24-21(14-22)16-33(27(24)35)29(2)11-9-26(34)31-28(29)36/h3-8,13-14,23H,9-12,15-17H2,1-2H3,(H,31,34,36). The molecule has 0 aliphatic carbocycles. The zero-order valence-electron chi connectivity index (χ0n) is 21.1. The number of amides is 3. The van der Waals surface area contributed by atoms with Crippen LogP contribution in [0, 0.1) is 6.92 Å². The number of nitrogens with one attached hydrogen (secondary N) is 1. The zero-order valence-corrected chi connectivity index (χ0v) is 21.1. The third-order valence-corrected chi connectivity index (χ3v) is 7.89. The summed E-state index contributed by atoms with van der Waals surface area (Å²) in [5.74, 6) is -0.145. The van der Waals surface area contributed by atoms with Crippen LogP contribution < -0.4 is 10.1 Å². The summed E-state index contributed by atoms with van der Waals surface area (Å²) in [6.07, 6.45) is 1.56. The molecule has 0 saturated carbocycles. The highest BCUT2D eigenvalue weighted by atomic mass is 16.5. The Labute approximate surface area is 215 Å². The van der Waals surface area contributed by atoms with Crippen molar-refractivity contribution in [2.45, 2.75) is 57.8 Å². The lowest BCUT2D eigenvalue weighted by Crippen LogP contribution is -2.61. The van der Waals surface area contributed by atoms with Crippen LogP contribution in [-0.4, -0.2) is 57.2 Å². The van der Waals surface area contributed by atoms with Gasteiger partial charge in [-0.2, -0.15) is 0 Å². The highest BCUT2D eigenvalue weighted by molar-refractivity contribution is 6.07. The number of fused-ring (bicyclic) bond motifs is 2. The number of ether oxygens (including phenoxy) is 1. The van der Waals surface area contributed by atoms with Crippen LogP contribution in [0.15, 0.2) is 48.5 Å². The Balaban J connectivity index is 1.10. The number of likely N-dealkylation sites (tertiary alicyclic amines) is 1. The molecule has 3 aromatic rings. The predicted molar refractivity (Wildman–Crippen MR) is 138 cm³/mol. The topological polar surface area (TPSA) is 91.8 Å². The SMILES string of the molecule is Cc1ccc2cc(CN3CCC(Oc4ccc5c(c4)CN(C4(C)CCC(=O)NC4=O)C5=O)C3)ccc2n1. The maximum Gasteiger partial charge on any atom is 0.255 e. The molecule has 37 heavy (non-hydrogen) atoms. The first-order valence-corrected chi connectivity index (χ1v) is 12.8. The summed E-state index contributed by atoms with van der Waals surface area (Å²) in [4.78, 5) is 45.9. The van der Waals surface area contributed by atoms with Crippen molar-refractivity contribution in [1.82, 2.24) is 20.1 Å². The Bertz CT molecular complexity index is 1440. The summed E-state index contributed by atoms with van der Waals surface area (Å²) in [5, 5.41) is 3.54. The van der Waals surface area contributed by atoms with E-state index in [1.165, 1.54) is 5.56 Å². The van der Waals surface area contributed by atoms with Gasteiger partial charge in [-0.3, -0.25) is 29.6 Å². The smallest absolute Gasteiger partial charge is 0.255 e. The predicted octanol–water partition coefficient (Wildman–Crippen LogP) is 3.35. The molecule has 2 atom stereocenters. The first-order valence-electron chi connectivity index (χ1n) is 12.8. The Morgan fingerprint density at radius 1 is 1.11 bits per heavy atom. The number of imide groups is 1. The average Bonchev–Trinajstić information content (AvgIpc) is 3.45. The maximum absolute atomic E-state index is 13.1. The van der Waals surface area contributed by atoms with Crippen LogP contribution in [0.4, 0.5) is 0 Å². The van der Waals surface area contributed by atoms with Gasteiger partial charge in [0.2, 0.25) is 5.91 Å². The number of benzene rings is 2. The second kappa shape index (κ2) is 8.95. The van der Waals surface area contributed by atoms with Crippen molar-refractivity contribution in [3.63, 3.8) is 0 Å². The molecule has 4 heterocycles. The number of nitrogens with zero attached hydrogens (tertiary/aromatic N) is 3. The average molecular weight is 499 g/mol. The van der Waals surface area contributed by atoms with Gasteiger partial charge in [-0.25, -0.2) is 0 Å². The van der Waals surface area contributed by atoms with Crippen LogP contribution in [0.5, 0.6) is 5.75 Å². The van der Waals surface area contributed by atoms with Gasteiger partial charge in [-0.05, 0) is 74.2 Å². The van der Waals surface area contributed by atoms with E-state index in [2.05, 4.69) is 39.5 Å². The third kappa shape index (κ3) is 4.35. The lowest BCUT2D eigenvalue weighted by atomic mass is 9.89. The van der Waals surface area contributed by atoms with Crippen molar-refractivity contribution in [2.75, 3.05) is 13.1 Å². The summed E-state index contributed by atoms with van der Waals surface area (Å²) >= 11 is 0. The molecule has 1 aromatic heterocycles. The molecule has 8 nitrogen and oxygen atoms in total. The molecule has 0 radical (unpaired) electrons. The minimum atomic E-state index is -1.03. The van der Waals surface area contributed by atoms with E-state index in [-0.39, 0.29) is 24.3 Å². The molecule has 2 fully saturated rings. The molecular formula is C29H30N4O4. The number of hydrogen-bond donors (Lipinski definition) is 1. The van der Waals surface area contributed by atoms with Gasteiger partial charge in [-0.15, -0.1) is 0 Å². The fraction of sp³-hybridized carbons (Fsp3) is 0.379. The summed E-state index contributed by atoms with van der Waals surface area (Å²) in [6, 6.07) is 16.2. The molecule has 1 N–H and O–H groups in total. The van der Waals surface area contributed by atoms with Crippen LogP contribution in [0.2, 0.25) is 0 Å². The van der Waals surface area contributed by atoms with Crippen LogP contribution >= 0.6 is 0 Å². The number of carbonyl (C=O) groups is 3. The van der Waals surface area contributed by atoms with Crippen molar-refractivity contribution in [3.8, 4) is 5.75 Å². The van der Waals surface area contributed by atoms with E-state index in [0.717, 1.165) is 54.0 Å². The van der Waals surface area contributed by atoms with Crippen molar-refractivity contribution in [3.05, 3.63) is 70.9 Å².